The van der Waals surface area contributed by atoms with Gasteiger partial charge in [0, 0.05) is 24.9 Å². The van der Waals surface area contributed by atoms with Crippen LogP contribution in [0, 0.1) is 0 Å². The number of nitrogens with one attached hydrogen (secondary N) is 1. The highest BCUT2D eigenvalue weighted by molar-refractivity contribution is 7.18. The van der Waals surface area contributed by atoms with Crippen molar-refractivity contribution in [2.45, 2.75) is 12.8 Å². The molecule has 1 N–H and O–H groups in total. The van der Waals surface area contributed by atoms with Crippen LogP contribution in [-0.2, 0) is 11.2 Å². The molecular formula is C11H11ClN2OS. The summed E-state index contributed by atoms with van der Waals surface area (Å²) in [6.45, 7) is 0. The lowest BCUT2D eigenvalue weighted by Gasteiger charge is -1.95. The summed E-state index contributed by atoms with van der Waals surface area (Å²) < 4.78 is 1.11. The number of rotatable bonds is 3. The predicted octanol–water partition coefficient (Wildman–Crippen LogP) is 2.63. The summed E-state index contributed by atoms with van der Waals surface area (Å²) in [5.74, 6) is 0.0392. The number of benzene rings is 1. The van der Waals surface area contributed by atoms with Crippen molar-refractivity contribution < 1.29 is 4.79 Å². The summed E-state index contributed by atoms with van der Waals surface area (Å²) in [6.07, 6.45) is 1.15. The number of hydrogen-bond acceptors (Lipinski definition) is 3. The van der Waals surface area contributed by atoms with Gasteiger partial charge in [-0.25, -0.2) is 4.98 Å². The Morgan fingerprint density at radius 3 is 3.12 bits per heavy atom. The van der Waals surface area contributed by atoms with Crippen LogP contribution >= 0.6 is 22.9 Å². The Balaban J connectivity index is 2.16. The Hall–Kier alpha value is -1.13. The van der Waals surface area contributed by atoms with Gasteiger partial charge in [0.05, 0.1) is 15.2 Å². The SMILES string of the molecule is CNC(=O)CCc1nc2cc(Cl)ccc2s1. The fourth-order valence-corrected chi connectivity index (χ4v) is 2.51. The topological polar surface area (TPSA) is 42.0 Å². The quantitative estimate of drug-likeness (QED) is 0.915. The number of hydrogen-bond donors (Lipinski definition) is 1. The van der Waals surface area contributed by atoms with Gasteiger partial charge in [0.25, 0.3) is 0 Å². The van der Waals surface area contributed by atoms with Gasteiger partial charge in [0.1, 0.15) is 0 Å². The molecule has 5 heteroatoms. The van der Waals surface area contributed by atoms with E-state index in [4.69, 9.17) is 11.6 Å². The number of amides is 1. The van der Waals surface area contributed by atoms with E-state index < -0.39 is 0 Å². The van der Waals surface area contributed by atoms with E-state index >= 15 is 0 Å². The van der Waals surface area contributed by atoms with Gasteiger partial charge in [-0.2, -0.15) is 0 Å². The second kappa shape index (κ2) is 4.80. The van der Waals surface area contributed by atoms with Crippen LogP contribution in [0.5, 0.6) is 0 Å². The number of aryl methyl sites for hydroxylation is 1. The Bertz CT molecular complexity index is 524. The van der Waals surface area contributed by atoms with Crippen LogP contribution in [-0.4, -0.2) is 17.9 Å². The maximum atomic E-state index is 11.1. The van der Waals surface area contributed by atoms with E-state index in [2.05, 4.69) is 10.3 Å². The van der Waals surface area contributed by atoms with Crippen LogP contribution in [0.25, 0.3) is 10.2 Å². The third-order valence-corrected chi connectivity index (χ3v) is 3.57. The maximum Gasteiger partial charge on any atom is 0.220 e. The highest BCUT2D eigenvalue weighted by atomic mass is 35.5. The minimum absolute atomic E-state index is 0.0392. The fourth-order valence-electron chi connectivity index (χ4n) is 1.40. The Labute approximate surface area is 102 Å². The second-order valence-corrected chi connectivity index (χ2v) is 4.94. The predicted molar refractivity (Wildman–Crippen MR) is 67.0 cm³/mol. The molecule has 0 aliphatic heterocycles. The lowest BCUT2D eigenvalue weighted by Crippen LogP contribution is -2.17. The van der Waals surface area contributed by atoms with E-state index in [0.29, 0.717) is 17.9 Å². The standard InChI is InChI=1S/C11H11ClN2OS/c1-13-10(15)4-5-11-14-8-6-7(12)2-3-9(8)16-11/h2-3,6H,4-5H2,1H3,(H,13,15). The normalized spacial score (nSPS) is 10.6. The molecule has 0 spiro atoms. The average molecular weight is 255 g/mol. The van der Waals surface area contributed by atoms with Crippen molar-refractivity contribution >= 4 is 39.1 Å². The molecule has 0 atom stereocenters. The molecule has 1 heterocycles. The van der Waals surface area contributed by atoms with Crippen molar-refractivity contribution in [1.82, 2.24) is 10.3 Å². The summed E-state index contributed by atoms with van der Waals surface area (Å²) in [5.41, 5.74) is 0.907. The number of carbonyl (C=O) groups excluding carboxylic acids is 1. The highest BCUT2D eigenvalue weighted by Gasteiger charge is 2.06. The molecule has 3 nitrogen and oxygen atoms in total. The third kappa shape index (κ3) is 2.51. The van der Waals surface area contributed by atoms with Crippen LogP contribution in [0.2, 0.25) is 5.02 Å². The molecule has 0 radical (unpaired) electrons. The Morgan fingerprint density at radius 1 is 1.56 bits per heavy atom. The molecule has 2 aromatic rings. The molecule has 16 heavy (non-hydrogen) atoms. The number of halogens is 1. The first-order chi connectivity index (χ1) is 7.69. The molecule has 0 aliphatic rings. The molecule has 0 unspecified atom stereocenters. The van der Waals surface area contributed by atoms with Crippen LogP contribution in [0.15, 0.2) is 18.2 Å². The van der Waals surface area contributed by atoms with Gasteiger partial charge >= 0.3 is 0 Å². The number of aromatic nitrogens is 1. The smallest absolute Gasteiger partial charge is 0.220 e. The van der Waals surface area contributed by atoms with Crippen molar-refractivity contribution in [3.05, 3.63) is 28.2 Å². The minimum Gasteiger partial charge on any atom is -0.359 e. The molecular weight excluding hydrogens is 244 g/mol. The van der Waals surface area contributed by atoms with E-state index in [9.17, 15) is 4.79 Å². The van der Waals surface area contributed by atoms with E-state index in [1.165, 1.54) is 0 Å². The molecule has 1 amide bonds. The zero-order chi connectivity index (χ0) is 11.5. The molecule has 0 aliphatic carbocycles. The van der Waals surface area contributed by atoms with E-state index in [1.807, 2.05) is 18.2 Å². The molecule has 0 saturated heterocycles. The number of nitrogens with zero attached hydrogens (tertiary/aromatic N) is 1. The third-order valence-electron chi connectivity index (χ3n) is 2.24. The van der Waals surface area contributed by atoms with Gasteiger partial charge in [0.15, 0.2) is 0 Å². The molecule has 0 fully saturated rings. The molecule has 0 saturated carbocycles. The van der Waals surface area contributed by atoms with Crippen molar-refractivity contribution in [2.75, 3.05) is 7.05 Å². The van der Waals surface area contributed by atoms with Gasteiger partial charge in [-0.3, -0.25) is 4.79 Å². The van der Waals surface area contributed by atoms with Gasteiger partial charge in [-0.1, -0.05) is 11.6 Å². The van der Waals surface area contributed by atoms with Gasteiger partial charge in [-0.05, 0) is 18.2 Å². The summed E-state index contributed by atoms with van der Waals surface area (Å²) >= 11 is 7.49. The fraction of sp³-hybridized carbons (Fsp3) is 0.273. The van der Waals surface area contributed by atoms with Gasteiger partial charge in [0.2, 0.25) is 5.91 Å². The minimum atomic E-state index is 0.0392. The van der Waals surface area contributed by atoms with Crippen LogP contribution < -0.4 is 5.32 Å². The second-order valence-electron chi connectivity index (χ2n) is 3.39. The average Bonchev–Trinajstić information content (AvgIpc) is 2.67. The lowest BCUT2D eigenvalue weighted by atomic mass is 10.3. The van der Waals surface area contributed by atoms with Crippen LogP contribution in [0.4, 0.5) is 0 Å². The van der Waals surface area contributed by atoms with Crippen molar-refractivity contribution in [1.29, 1.82) is 0 Å². The number of carbonyl (C=O) groups is 1. The summed E-state index contributed by atoms with van der Waals surface area (Å²) in [5, 5.41) is 4.26. The van der Waals surface area contributed by atoms with Crippen LogP contribution in [0.3, 0.4) is 0 Å². The molecule has 84 valence electrons. The number of fused-ring (bicyclic) bond motifs is 1. The van der Waals surface area contributed by atoms with E-state index in [-0.39, 0.29) is 5.91 Å². The lowest BCUT2D eigenvalue weighted by molar-refractivity contribution is -0.120. The van der Waals surface area contributed by atoms with E-state index in [0.717, 1.165) is 15.2 Å². The number of thiazole rings is 1. The van der Waals surface area contributed by atoms with E-state index in [1.54, 1.807) is 18.4 Å². The molecule has 1 aromatic heterocycles. The van der Waals surface area contributed by atoms with Crippen molar-refractivity contribution in [3.8, 4) is 0 Å². The first-order valence-corrected chi connectivity index (χ1v) is 6.14. The first kappa shape index (κ1) is 11.4. The van der Waals surface area contributed by atoms with Gasteiger partial charge < -0.3 is 5.32 Å². The Kier molecular flexibility index (Phi) is 3.41. The zero-order valence-electron chi connectivity index (χ0n) is 8.79. The highest BCUT2D eigenvalue weighted by Crippen LogP contribution is 2.25. The summed E-state index contributed by atoms with van der Waals surface area (Å²) in [7, 11) is 1.64. The Morgan fingerprint density at radius 2 is 2.38 bits per heavy atom. The molecule has 0 bridgehead atoms. The summed E-state index contributed by atoms with van der Waals surface area (Å²) in [4.78, 5) is 15.5. The van der Waals surface area contributed by atoms with Crippen molar-refractivity contribution in [2.24, 2.45) is 0 Å². The van der Waals surface area contributed by atoms with Gasteiger partial charge in [-0.15, -0.1) is 11.3 Å². The largest absolute Gasteiger partial charge is 0.359 e. The van der Waals surface area contributed by atoms with Crippen molar-refractivity contribution in [3.63, 3.8) is 0 Å². The molecule has 2 rings (SSSR count). The maximum absolute atomic E-state index is 11.1. The monoisotopic (exact) mass is 254 g/mol. The molecule has 1 aromatic carbocycles. The summed E-state index contributed by atoms with van der Waals surface area (Å²) in [6, 6.07) is 5.65. The van der Waals surface area contributed by atoms with Crippen LogP contribution in [0.1, 0.15) is 11.4 Å². The zero-order valence-corrected chi connectivity index (χ0v) is 10.4. The first-order valence-electron chi connectivity index (χ1n) is 4.94.